The molecule has 1 fully saturated rings. The van der Waals surface area contributed by atoms with Crippen molar-refractivity contribution in [2.45, 2.75) is 37.8 Å². The average Bonchev–Trinajstić information content (AvgIpc) is 3.12. The molecule has 15 heteroatoms. The predicted octanol–water partition coefficient (Wildman–Crippen LogP) is 1.33. The Morgan fingerprint density at radius 2 is 1.39 bits per heavy atom. The summed E-state index contributed by atoms with van der Waals surface area (Å²) >= 11 is 0. The van der Waals surface area contributed by atoms with E-state index in [4.69, 9.17) is 27.0 Å². The average molecular weight is 699 g/mol. The quantitative estimate of drug-likeness (QED) is 0.0647. The molecular formula is C36H42N8O7. The lowest BCUT2D eigenvalue weighted by atomic mass is 9.99. The van der Waals surface area contributed by atoms with E-state index in [1.165, 1.54) is 41.2 Å². The number of carboxylic acid groups (broad SMARTS) is 1. The molecule has 0 bridgehead atoms. The number of methoxy groups -OCH3 is 1. The van der Waals surface area contributed by atoms with Crippen LogP contribution in [0.25, 0.3) is 0 Å². The Balaban J connectivity index is 1.50. The van der Waals surface area contributed by atoms with Gasteiger partial charge in [0.05, 0.1) is 7.11 Å². The summed E-state index contributed by atoms with van der Waals surface area (Å²) in [7, 11) is 1.53. The molecule has 3 aromatic rings. The molecular weight excluding hydrogens is 656 g/mol. The van der Waals surface area contributed by atoms with Crippen molar-refractivity contribution < 1.29 is 33.8 Å². The third kappa shape index (κ3) is 10.1. The summed E-state index contributed by atoms with van der Waals surface area (Å²) in [4.78, 5) is 68.1. The number of amides is 4. The highest BCUT2D eigenvalue weighted by Gasteiger charge is 2.40. The number of unbranched alkanes of at least 4 members (excludes halogenated alkanes) is 1. The first-order valence-corrected chi connectivity index (χ1v) is 16.3. The number of aliphatic carboxylic acids is 1. The van der Waals surface area contributed by atoms with Crippen LogP contribution in [0, 0.1) is 10.8 Å². The van der Waals surface area contributed by atoms with Crippen molar-refractivity contribution in [2.75, 3.05) is 33.3 Å². The summed E-state index contributed by atoms with van der Waals surface area (Å²) in [5, 5.41) is 30.1. The number of nitrogen functional groups attached to an aromatic ring is 2. The first-order valence-electron chi connectivity index (χ1n) is 16.3. The maximum Gasteiger partial charge on any atom is 0.323 e. The van der Waals surface area contributed by atoms with Gasteiger partial charge in [0, 0.05) is 48.3 Å². The van der Waals surface area contributed by atoms with Crippen molar-refractivity contribution in [3.8, 4) is 5.75 Å². The van der Waals surface area contributed by atoms with Gasteiger partial charge >= 0.3 is 5.97 Å². The fourth-order valence-electron chi connectivity index (χ4n) is 5.71. The SMILES string of the molecule is COc1ccc(C[C@H](NC(=O)c2ccc(C(=N)N)cc2)C(=O)N2CCN(CC(=O)O)C(=O)[C@@H]2CCCCNC(=O)c2ccc(C(=N)N)cc2)cc1. The minimum absolute atomic E-state index is 0.00155. The summed E-state index contributed by atoms with van der Waals surface area (Å²) in [5.74, 6) is -2.72. The zero-order valence-corrected chi connectivity index (χ0v) is 28.2. The van der Waals surface area contributed by atoms with Gasteiger partial charge < -0.3 is 41.7 Å². The molecule has 0 saturated carbocycles. The van der Waals surface area contributed by atoms with Crippen molar-refractivity contribution in [2.24, 2.45) is 11.5 Å². The van der Waals surface area contributed by atoms with Crippen LogP contribution in [-0.4, -0.2) is 102 Å². The van der Waals surface area contributed by atoms with Gasteiger partial charge in [0.1, 0.15) is 36.0 Å². The fourth-order valence-corrected chi connectivity index (χ4v) is 5.71. The number of piperazine rings is 1. The second-order valence-electron chi connectivity index (χ2n) is 12.0. The van der Waals surface area contributed by atoms with Crippen LogP contribution in [0.1, 0.15) is 56.7 Å². The van der Waals surface area contributed by atoms with E-state index in [-0.39, 0.29) is 55.6 Å². The van der Waals surface area contributed by atoms with Crippen LogP contribution in [0.5, 0.6) is 5.75 Å². The Kier molecular flexibility index (Phi) is 12.8. The largest absolute Gasteiger partial charge is 0.497 e. The lowest BCUT2D eigenvalue weighted by molar-refractivity contribution is -0.156. The van der Waals surface area contributed by atoms with Gasteiger partial charge in [-0.15, -0.1) is 0 Å². The van der Waals surface area contributed by atoms with Crippen LogP contribution in [0.2, 0.25) is 0 Å². The van der Waals surface area contributed by atoms with E-state index in [9.17, 15) is 29.1 Å². The molecule has 4 amide bonds. The Morgan fingerprint density at radius 1 is 0.843 bits per heavy atom. The number of ether oxygens (including phenoxy) is 1. The maximum absolute atomic E-state index is 14.3. The minimum Gasteiger partial charge on any atom is -0.497 e. The van der Waals surface area contributed by atoms with Crippen molar-refractivity contribution in [3.05, 3.63) is 101 Å². The monoisotopic (exact) mass is 698 g/mol. The zero-order valence-electron chi connectivity index (χ0n) is 28.2. The molecule has 0 unspecified atom stereocenters. The van der Waals surface area contributed by atoms with Crippen LogP contribution < -0.4 is 26.8 Å². The molecule has 2 atom stereocenters. The standard InChI is InChI=1S/C36H42N8O7/c1-51-27-15-5-22(6-16-27)20-28(42-34(48)26-13-9-24(10-14-26)32(39)40)35(49)44-19-18-43(21-30(45)46)36(50)29(44)4-2-3-17-41-33(47)25-11-7-23(8-12-25)31(37)38/h5-16,28-29H,2-4,17-21H2,1H3,(H3,37,38)(H3,39,40)(H,41,47)(H,42,48)(H,45,46)/t28-,29-/m0/s1. The number of carbonyl (C=O) groups excluding carboxylic acids is 4. The van der Waals surface area contributed by atoms with E-state index in [1.807, 2.05) is 0 Å². The number of hydrogen-bond acceptors (Lipinski definition) is 8. The highest BCUT2D eigenvalue weighted by molar-refractivity contribution is 6.01. The molecule has 1 aliphatic heterocycles. The van der Waals surface area contributed by atoms with Crippen molar-refractivity contribution in [1.29, 1.82) is 10.8 Å². The van der Waals surface area contributed by atoms with Gasteiger partial charge in [0.15, 0.2) is 0 Å². The number of nitrogens with zero attached hydrogens (tertiary/aromatic N) is 2. The van der Waals surface area contributed by atoms with Crippen molar-refractivity contribution in [3.63, 3.8) is 0 Å². The molecule has 0 spiro atoms. The molecule has 268 valence electrons. The van der Waals surface area contributed by atoms with Crippen LogP contribution in [0.4, 0.5) is 0 Å². The Bertz CT molecular complexity index is 1760. The van der Waals surface area contributed by atoms with Crippen LogP contribution in [0.3, 0.4) is 0 Å². The topological polar surface area (TPSA) is 245 Å². The smallest absolute Gasteiger partial charge is 0.323 e. The predicted molar refractivity (Wildman–Crippen MR) is 189 cm³/mol. The third-order valence-corrected chi connectivity index (χ3v) is 8.50. The fraction of sp³-hybridized carbons (Fsp3) is 0.306. The van der Waals surface area contributed by atoms with Gasteiger partial charge in [-0.1, -0.05) is 36.4 Å². The van der Waals surface area contributed by atoms with Crippen LogP contribution in [0.15, 0.2) is 72.8 Å². The van der Waals surface area contributed by atoms with Gasteiger partial charge in [-0.3, -0.25) is 34.8 Å². The van der Waals surface area contributed by atoms with E-state index in [1.54, 1.807) is 48.5 Å². The molecule has 0 radical (unpaired) electrons. The van der Waals surface area contributed by atoms with Crippen molar-refractivity contribution in [1.82, 2.24) is 20.4 Å². The summed E-state index contributed by atoms with van der Waals surface area (Å²) in [5.41, 5.74) is 13.3. The second-order valence-corrected chi connectivity index (χ2v) is 12.0. The second kappa shape index (κ2) is 17.4. The lowest BCUT2D eigenvalue weighted by Gasteiger charge is -2.41. The van der Waals surface area contributed by atoms with E-state index in [2.05, 4.69) is 10.6 Å². The summed E-state index contributed by atoms with van der Waals surface area (Å²) in [6.07, 6.45) is 1.17. The van der Waals surface area contributed by atoms with Gasteiger partial charge in [-0.2, -0.15) is 0 Å². The summed E-state index contributed by atoms with van der Waals surface area (Å²) < 4.78 is 5.24. The number of rotatable bonds is 16. The molecule has 1 heterocycles. The summed E-state index contributed by atoms with van der Waals surface area (Å²) in [6, 6.07) is 17.3. The highest BCUT2D eigenvalue weighted by Crippen LogP contribution is 2.21. The summed E-state index contributed by atoms with van der Waals surface area (Å²) in [6.45, 7) is -0.183. The molecule has 0 aromatic heterocycles. The van der Waals surface area contributed by atoms with E-state index < -0.39 is 42.3 Å². The number of carboxylic acids is 1. The molecule has 9 N–H and O–H groups in total. The zero-order chi connectivity index (χ0) is 37.1. The molecule has 3 aromatic carbocycles. The van der Waals surface area contributed by atoms with Gasteiger partial charge in [0.2, 0.25) is 11.8 Å². The minimum atomic E-state index is -1.18. The number of carbonyl (C=O) groups is 5. The Morgan fingerprint density at radius 3 is 1.92 bits per heavy atom. The third-order valence-electron chi connectivity index (χ3n) is 8.50. The number of nitrogens with one attached hydrogen (secondary N) is 4. The van der Waals surface area contributed by atoms with Crippen molar-refractivity contribution >= 4 is 41.3 Å². The number of hydrogen-bond donors (Lipinski definition) is 7. The van der Waals surface area contributed by atoms with Gasteiger partial charge in [-0.25, -0.2) is 0 Å². The number of amidine groups is 2. The molecule has 1 saturated heterocycles. The molecule has 15 nitrogen and oxygen atoms in total. The van der Waals surface area contributed by atoms with Crippen LogP contribution in [-0.2, 0) is 20.8 Å². The molecule has 51 heavy (non-hydrogen) atoms. The Labute approximate surface area is 294 Å². The Hall–Kier alpha value is -6.25. The normalized spacial score (nSPS) is 14.7. The van der Waals surface area contributed by atoms with Crippen LogP contribution >= 0.6 is 0 Å². The number of nitrogens with two attached hydrogens (primary N) is 2. The lowest BCUT2D eigenvalue weighted by Crippen LogP contribution is -2.63. The van der Waals surface area contributed by atoms with E-state index in [0.717, 1.165) is 5.56 Å². The molecule has 1 aliphatic rings. The first-order chi connectivity index (χ1) is 24.4. The maximum atomic E-state index is 14.3. The molecule has 0 aliphatic carbocycles. The molecule has 4 rings (SSSR count). The van der Waals surface area contributed by atoms with E-state index >= 15 is 0 Å². The van der Waals surface area contributed by atoms with Gasteiger partial charge in [-0.05, 0) is 61.2 Å². The number of benzene rings is 3. The van der Waals surface area contributed by atoms with E-state index in [0.29, 0.717) is 35.3 Å². The first kappa shape index (κ1) is 37.6. The van der Waals surface area contributed by atoms with Gasteiger partial charge in [0.25, 0.3) is 11.8 Å². The highest BCUT2D eigenvalue weighted by atomic mass is 16.5.